The number of hydrogen-bond acceptors (Lipinski definition) is 9. The Morgan fingerprint density at radius 2 is 1.93 bits per heavy atom. The van der Waals surface area contributed by atoms with E-state index in [-0.39, 0.29) is 23.7 Å². The predicted molar refractivity (Wildman–Crippen MR) is 154 cm³/mol. The first-order chi connectivity index (χ1) is 19.4. The van der Waals surface area contributed by atoms with E-state index in [9.17, 15) is 4.79 Å². The highest BCUT2D eigenvalue weighted by Crippen LogP contribution is 2.37. The van der Waals surface area contributed by atoms with Gasteiger partial charge in [0.1, 0.15) is 5.52 Å². The average molecular weight is 546 g/mol. The maximum Gasteiger partial charge on any atom is 0.439 e. The minimum Gasteiger partial charge on any atom is -0.365 e. The van der Waals surface area contributed by atoms with Crippen LogP contribution >= 0.6 is 0 Å². The number of aromatic amines is 1. The molecule has 2 atom stereocenters. The Morgan fingerprint density at radius 3 is 2.58 bits per heavy atom. The Labute approximate surface area is 233 Å². The third kappa shape index (κ3) is 5.21. The smallest absolute Gasteiger partial charge is 0.365 e. The number of pyridine rings is 1. The molecule has 2 aliphatic carbocycles. The molecule has 0 aromatic carbocycles. The van der Waals surface area contributed by atoms with Crippen molar-refractivity contribution in [1.29, 1.82) is 0 Å². The lowest BCUT2D eigenvalue weighted by Gasteiger charge is -2.33. The Morgan fingerprint density at radius 1 is 1.12 bits per heavy atom. The lowest BCUT2D eigenvalue weighted by atomic mass is 9.80. The third-order valence-electron chi connectivity index (χ3n) is 9.04. The largest absolute Gasteiger partial charge is 0.439 e. The van der Waals surface area contributed by atoms with E-state index in [1.165, 1.54) is 44.9 Å². The van der Waals surface area contributed by atoms with Crippen LogP contribution in [-0.4, -0.2) is 47.7 Å². The van der Waals surface area contributed by atoms with Gasteiger partial charge in [0.05, 0.1) is 11.7 Å². The molecule has 212 valence electrons. The lowest BCUT2D eigenvalue weighted by Crippen LogP contribution is -2.31. The van der Waals surface area contributed by atoms with E-state index < -0.39 is 5.76 Å². The normalized spacial score (nSPS) is 21.2. The van der Waals surface area contributed by atoms with Crippen molar-refractivity contribution in [2.45, 2.75) is 84.3 Å². The summed E-state index contributed by atoms with van der Waals surface area (Å²) < 4.78 is 7.08. The monoisotopic (exact) mass is 545 g/mol. The minimum atomic E-state index is -0.641. The number of hydrogen-bond donors (Lipinski definition) is 2. The summed E-state index contributed by atoms with van der Waals surface area (Å²) in [4.78, 5) is 35.9. The van der Waals surface area contributed by atoms with Crippen LogP contribution in [0.15, 0.2) is 33.7 Å². The van der Waals surface area contributed by atoms with Gasteiger partial charge in [-0.2, -0.15) is 4.98 Å². The van der Waals surface area contributed by atoms with Crippen molar-refractivity contribution in [2.75, 3.05) is 17.3 Å². The molecule has 4 aromatic rings. The second-order valence-corrected chi connectivity index (χ2v) is 11.8. The summed E-state index contributed by atoms with van der Waals surface area (Å²) in [5.41, 5.74) is 2.42. The molecule has 0 bridgehead atoms. The Kier molecular flexibility index (Phi) is 7.29. The van der Waals surface area contributed by atoms with Crippen molar-refractivity contribution in [3.8, 4) is 11.6 Å². The summed E-state index contributed by atoms with van der Waals surface area (Å²) in [6, 6.07) is 6.22. The van der Waals surface area contributed by atoms with E-state index in [4.69, 9.17) is 19.5 Å². The van der Waals surface area contributed by atoms with Gasteiger partial charge in [0.25, 0.3) is 0 Å². The highest BCUT2D eigenvalue weighted by molar-refractivity contribution is 5.87. The molecule has 1 unspecified atom stereocenters. The number of fused-ring (bicyclic) bond motifs is 1. The summed E-state index contributed by atoms with van der Waals surface area (Å²) in [6.45, 7) is 7.55. The molecule has 0 amide bonds. The van der Waals surface area contributed by atoms with E-state index in [0.717, 1.165) is 29.6 Å². The molecule has 2 saturated carbocycles. The SMILES string of the molecule is CC1CCC(Cn2c(N(C)C(C)c3ccccn3)nc3nc(-c4noc(=O)[nH]4)nc(N[C@H](C)C4CCC4)c32)CC1. The van der Waals surface area contributed by atoms with Crippen LogP contribution in [0.1, 0.15) is 77.5 Å². The van der Waals surface area contributed by atoms with Crippen molar-refractivity contribution in [3.63, 3.8) is 0 Å². The fraction of sp³-hybridized carbons (Fsp3) is 0.586. The molecule has 0 aliphatic heterocycles. The van der Waals surface area contributed by atoms with Crippen molar-refractivity contribution in [3.05, 3.63) is 40.6 Å². The maximum atomic E-state index is 11.7. The zero-order valence-electron chi connectivity index (χ0n) is 23.8. The van der Waals surface area contributed by atoms with Gasteiger partial charge in [0.2, 0.25) is 17.6 Å². The van der Waals surface area contributed by atoms with Crippen LogP contribution < -0.4 is 16.0 Å². The van der Waals surface area contributed by atoms with Gasteiger partial charge in [-0.25, -0.2) is 14.8 Å². The number of anilines is 2. The molecule has 0 saturated heterocycles. The van der Waals surface area contributed by atoms with E-state index in [1.807, 2.05) is 24.4 Å². The molecule has 6 rings (SSSR count). The number of imidazole rings is 1. The quantitative estimate of drug-likeness (QED) is 0.292. The van der Waals surface area contributed by atoms with Gasteiger partial charge in [-0.05, 0) is 69.4 Å². The van der Waals surface area contributed by atoms with Gasteiger partial charge >= 0.3 is 5.76 Å². The summed E-state index contributed by atoms with van der Waals surface area (Å²) in [5.74, 6) is 3.30. The molecule has 2 fully saturated rings. The first kappa shape index (κ1) is 26.5. The molecule has 40 heavy (non-hydrogen) atoms. The molecule has 2 N–H and O–H groups in total. The van der Waals surface area contributed by atoms with E-state index in [1.54, 1.807) is 0 Å². The summed E-state index contributed by atoms with van der Waals surface area (Å²) in [7, 11) is 2.06. The van der Waals surface area contributed by atoms with Crippen molar-refractivity contribution >= 4 is 22.9 Å². The van der Waals surface area contributed by atoms with Crippen LogP contribution in [0.25, 0.3) is 22.8 Å². The lowest BCUT2D eigenvalue weighted by molar-refractivity contribution is 0.266. The molecular weight excluding hydrogens is 506 g/mol. The zero-order valence-corrected chi connectivity index (χ0v) is 23.8. The van der Waals surface area contributed by atoms with Gasteiger partial charge in [0.15, 0.2) is 11.5 Å². The van der Waals surface area contributed by atoms with E-state index in [0.29, 0.717) is 23.3 Å². The van der Waals surface area contributed by atoms with E-state index in [2.05, 4.69) is 57.7 Å². The highest BCUT2D eigenvalue weighted by Gasteiger charge is 2.30. The van der Waals surface area contributed by atoms with Crippen LogP contribution in [0.5, 0.6) is 0 Å². The topological polar surface area (TPSA) is 131 Å². The number of H-pyrrole nitrogens is 1. The van der Waals surface area contributed by atoms with Crippen molar-refractivity contribution < 1.29 is 4.52 Å². The number of nitrogens with one attached hydrogen (secondary N) is 2. The Bertz CT molecular complexity index is 1500. The molecule has 4 aromatic heterocycles. The Hall–Kier alpha value is -3.76. The molecule has 11 heteroatoms. The molecule has 11 nitrogen and oxygen atoms in total. The number of rotatable bonds is 9. The molecule has 0 spiro atoms. The minimum absolute atomic E-state index is 0.00669. The number of nitrogens with zero attached hydrogens (tertiary/aromatic N) is 7. The second-order valence-electron chi connectivity index (χ2n) is 11.8. The summed E-state index contributed by atoms with van der Waals surface area (Å²) in [6.07, 6.45) is 10.4. The van der Waals surface area contributed by atoms with E-state index >= 15 is 0 Å². The van der Waals surface area contributed by atoms with Crippen LogP contribution in [0.2, 0.25) is 0 Å². The van der Waals surface area contributed by atoms with Gasteiger partial charge in [0, 0.05) is 25.8 Å². The maximum absolute atomic E-state index is 11.7. The van der Waals surface area contributed by atoms with Crippen LogP contribution in [0.3, 0.4) is 0 Å². The first-order valence-corrected chi connectivity index (χ1v) is 14.6. The standard InChI is InChI=1S/C29H39N9O2/c1-17-11-13-20(14-12-17)16-38-23-24(31-18(2)21-8-7-9-21)32-26(27-35-29(39)40-36-27)33-25(23)34-28(38)37(4)19(3)22-10-5-6-15-30-22/h5-6,10,15,17-21H,7-9,11-14,16H2,1-4H3,(H,31,32,33)(H,35,36,39)/t17?,18-,19?,20?/m1/s1. The highest BCUT2D eigenvalue weighted by atomic mass is 16.5. The fourth-order valence-electron chi connectivity index (χ4n) is 6.04. The van der Waals surface area contributed by atoms with Gasteiger partial charge < -0.3 is 14.8 Å². The Balaban J connectivity index is 1.48. The second kappa shape index (κ2) is 11.0. The van der Waals surface area contributed by atoms with Gasteiger partial charge in [-0.3, -0.25) is 14.5 Å². The van der Waals surface area contributed by atoms with Crippen molar-refractivity contribution in [2.24, 2.45) is 17.8 Å². The number of aromatic nitrogens is 7. The zero-order chi connectivity index (χ0) is 27.8. The first-order valence-electron chi connectivity index (χ1n) is 14.6. The third-order valence-corrected chi connectivity index (χ3v) is 9.04. The summed E-state index contributed by atoms with van der Waals surface area (Å²) >= 11 is 0. The fourth-order valence-corrected chi connectivity index (χ4v) is 6.04. The van der Waals surface area contributed by atoms with Crippen LogP contribution in [-0.2, 0) is 6.54 Å². The van der Waals surface area contributed by atoms with Crippen molar-refractivity contribution in [1.82, 2.24) is 34.6 Å². The molecule has 2 aliphatic rings. The van der Waals surface area contributed by atoms with Gasteiger partial charge in [-0.15, -0.1) is 0 Å². The van der Waals surface area contributed by atoms with Gasteiger partial charge in [-0.1, -0.05) is 37.4 Å². The molecule has 0 radical (unpaired) electrons. The summed E-state index contributed by atoms with van der Waals surface area (Å²) in [5, 5.41) is 7.57. The molecular formula is C29H39N9O2. The van der Waals surface area contributed by atoms with Crippen LogP contribution in [0, 0.1) is 17.8 Å². The molecule has 4 heterocycles. The van der Waals surface area contributed by atoms with Crippen LogP contribution in [0.4, 0.5) is 11.8 Å². The average Bonchev–Trinajstić information content (AvgIpc) is 3.52. The predicted octanol–water partition coefficient (Wildman–Crippen LogP) is 5.19.